The van der Waals surface area contributed by atoms with E-state index in [0.717, 1.165) is 55.4 Å². The minimum atomic E-state index is 0.621. The lowest BCUT2D eigenvalue weighted by molar-refractivity contribution is 0.415. The highest BCUT2D eigenvalue weighted by molar-refractivity contribution is 8.02. The van der Waals surface area contributed by atoms with E-state index in [-0.39, 0.29) is 0 Å². The lowest BCUT2D eigenvalue weighted by Gasteiger charge is -2.13. The topological polar surface area (TPSA) is 45.9 Å². The maximum absolute atomic E-state index is 10.0. The predicted molar refractivity (Wildman–Crippen MR) is 145 cm³/mol. The highest BCUT2D eigenvalue weighted by Crippen LogP contribution is 2.35. The van der Waals surface area contributed by atoms with Crippen molar-refractivity contribution in [3.63, 3.8) is 0 Å². The molecular formula is C28H23ClN2OS2. The first-order valence-corrected chi connectivity index (χ1v) is 13.3. The molecular weight excluding hydrogens is 480 g/mol. The van der Waals surface area contributed by atoms with Gasteiger partial charge in [-0.25, -0.2) is 4.98 Å². The van der Waals surface area contributed by atoms with Crippen molar-refractivity contribution in [3.8, 4) is 34.2 Å². The number of methoxy groups -OCH3 is 1. The fourth-order valence-electron chi connectivity index (χ4n) is 3.46. The van der Waals surface area contributed by atoms with Gasteiger partial charge < -0.3 is 4.74 Å². The number of nitriles is 1. The maximum atomic E-state index is 10.0. The average Bonchev–Trinajstić information content (AvgIpc) is 2.89. The third kappa shape index (κ3) is 6.15. The van der Waals surface area contributed by atoms with E-state index < -0.39 is 0 Å². The van der Waals surface area contributed by atoms with Crippen LogP contribution in [0.3, 0.4) is 0 Å². The van der Waals surface area contributed by atoms with Crippen molar-refractivity contribution in [2.45, 2.75) is 10.8 Å². The van der Waals surface area contributed by atoms with Crippen LogP contribution in [-0.2, 0) is 5.75 Å². The molecule has 0 aliphatic heterocycles. The first-order chi connectivity index (χ1) is 16.7. The van der Waals surface area contributed by atoms with Gasteiger partial charge >= 0.3 is 0 Å². The molecule has 0 amide bonds. The van der Waals surface area contributed by atoms with Crippen LogP contribution >= 0.6 is 35.1 Å². The molecule has 4 rings (SSSR count). The molecule has 4 aromatic rings. The zero-order valence-electron chi connectivity index (χ0n) is 18.7. The number of hydrogen-bond donors (Lipinski definition) is 0. The van der Waals surface area contributed by atoms with Gasteiger partial charge in [-0.05, 0) is 53.6 Å². The van der Waals surface area contributed by atoms with E-state index in [1.54, 1.807) is 18.9 Å². The molecule has 0 saturated heterocycles. The largest absolute Gasteiger partial charge is 0.497 e. The highest BCUT2D eigenvalue weighted by atomic mass is 35.5. The van der Waals surface area contributed by atoms with Crippen molar-refractivity contribution in [2.24, 2.45) is 0 Å². The van der Waals surface area contributed by atoms with Gasteiger partial charge in [0.1, 0.15) is 16.8 Å². The van der Waals surface area contributed by atoms with Crippen molar-refractivity contribution in [3.05, 3.63) is 101 Å². The number of pyridine rings is 1. The lowest BCUT2D eigenvalue weighted by atomic mass is 9.99. The van der Waals surface area contributed by atoms with Crippen molar-refractivity contribution < 1.29 is 4.74 Å². The number of hydrogen-bond acceptors (Lipinski definition) is 5. The molecule has 170 valence electrons. The zero-order valence-corrected chi connectivity index (χ0v) is 21.1. The zero-order chi connectivity index (χ0) is 23.8. The van der Waals surface area contributed by atoms with Crippen LogP contribution in [0, 0.1) is 11.3 Å². The first kappa shape index (κ1) is 24.2. The molecule has 34 heavy (non-hydrogen) atoms. The second kappa shape index (κ2) is 12.0. The van der Waals surface area contributed by atoms with Gasteiger partial charge in [0.2, 0.25) is 0 Å². The number of benzene rings is 3. The van der Waals surface area contributed by atoms with Crippen molar-refractivity contribution in [1.82, 2.24) is 4.98 Å². The Bertz CT molecular complexity index is 1270. The third-order valence-corrected chi connectivity index (χ3v) is 7.73. The molecule has 0 aliphatic rings. The van der Waals surface area contributed by atoms with E-state index in [0.29, 0.717) is 5.56 Å². The van der Waals surface area contributed by atoms with Gasteiger partial charge in [0.25, 0.3) is 0 Å². The predicted octanol–water partition coefficient (Wildman–Crippen LogP) is 7.97. The van der Waals surface area contributed by atoms with Gasteiger partial charge in [0, 0.05) is 33.4 Å². The van der Waals surface area contributed by atoms with E-state index in [9.17, 15) is 5.26 Å². The molecule has 0 atom stereocenters. The Morgan fingerprint density at radius 3 is 2.32 bits per heavy atom. The lowest BCUT2D eigenvalue weighted by Crippen LogP contribution is -1.97. The van der Waals surface area contributed by atoms with Crippen LogP contribution in [0.5, 0.6) is 5.75 Å². The number of thioether (sulfide) groups is 2. The van der Waals surface area contributed by atoms with Gasteiger partial charge in [-0.15, -0.1) is 11.8 Å². The Balaban J connectivity index is 1.56. The molecule has 1 aromatic heterocycles. The molecule has 1 heterocycles. The van der Waals surface area contributed by atoms with Crippen LogP contribution in [0.1, 0.15) is 11.1 Å². The van der Waals surface area contributed by atoms with Crippen LogP contribution < -0.4 is 4.74 Å². The van der Waals surface area contributed by atoms with Crippen LogP contribution in [0.4, 0.5) is 0 Å². The van der Waals surface area contributed by atoms with Gasteiger partial charge in [-0.2, -0.15) is 17.0 Å². The summed E-state index contributed by atoms with van der Waals surface area (Å²) in [6.07, 6.45) is 0. The summed E-state index contributed by atoms with van der Waals surface area (Å²) in [5.74, 6) is 3.54. The molecule has 0 unspecified atom stereocenters. The van der Waals surface area contributed by atoms with Crippen molar-refractivity contribution >= 4 is 35.1 Å². The molecule has 0 radical (unpaired) electrons. The molecule has 0 spiro atoms. The summed E-state index contributed by atoms with van der Waals surface area (Å²) < 4.78 is 5.30. The third-order valence-electron chi connectivity index (χ3n) is 5.22. The highest BCUT2D eigenvalue weighted by Gasteiger charge is 2.16. The molecule has 0 fully saturated rings. The van der Waals surface area contributed by atoms with Crippen LogP contribution in [0.15, 0.2) is 90.0 Å². The van der Waals surface area contributed by atoms with Crippen LogP contribution in [0.25, 0.3) is 22.4 Å². The summed E-state index contributed by atoms with van der Waals surface area (Å²) in [6.45, 7) is 0. The van der Waals surface area contributed by atoms with Crippen LogP contribution in [-0.4, -0.2) is 23.6 Å². The number of halogens is 1. The van der Waals surface area contributed by atoms with Crippen molar-refractivity contribution in [2.75, 3.05) is 18.6 Å². The van der Waals surface area contributed by atoms with Crippen molar-refractivity contribution in [1.29, 1.82) is 5.26 Å². The Kier molecular flexibility index (Phi) is 8.54. The first-order valence-electron chi connectivity index (χ1n) is 10.8. The maximum Gasteiger partial charge on any atom is 0.118 e. The number of rotatable bonds is 9. The second-order valence-electron chi connectivity index (χ2n) is 7.47. The molecule has 6 heteroatoms. The number of aromatic nitrogens is 1. The molecule has 3 aromatic carbocycles. The van der Waals surface area contributed by atoms with Gasteiger partial charge in [0.05, 0.1) is 18.4 Å². The summed E-state index contributed by atoms with van der Waals surface area (Å²) in [6, 6.07) is 30.3. The normalized spacial score (nSPS) is 10.6. The Labute approximate surface area is 214 Å². The second-order valence-corrected chi connectivity index (χ2v) is 10.1. The SMILES string of the molecule is COc1ccc(-c2cc(-c3ccccc3)c(C#N)c(SCCSCc3ccc(Cl)cc3)n2)cc1. The summed E-state index contributed by atoms with van der Waals surface area (Å²) in [5, 5.41) is 11.5. The minimum absolute atomic E-state index is 0.621. The minimum Gasteiger partial charge on any atom is -0.497 e. The monoisotopic (exact) mass is 502 g/mol. The molecule has 3 nitrogen and oxygen atoms in total. The summed E-state index contributed by atoms with van der Waals surface area (Å²) in [4.78, 5) is 4.90. The van der Waals surface area contributed by atoms with Gasteiger partial charge in [-0.1, -0.05) is 54.1 Å². The fraction of sp³-hybridized carbons (Fsp3) is 0.143. The molecule has 0 aliphatic carbocycles. The van der Waals surface area contributed by atoms with Crippen LogP contribution in [0.2, 0.25) is 5.02 Å². The standard InChI is InChI=1S/C28H23ClN2OS2/c1-32-24-13-9-22(10-14-24)27-17-25(21-5-3-2-4-6-21)26(18-30)28(31-27)34-16-15-33-19-20-7-11-23(29)12-8-20/h2-14,17H,15-16,19H2,1H3. The van der Waals surface area contributed by atoms with E-state index >= 15 is 0 Å². The van der Waals surface area contributed by atoms with Gasteiger partial charge in [0.15, 0.2) is 0 Å². The van der Waals surface area contributed by atoms with E-state index in [1.807, 2.05) is 84.6 Å². The average molecular weight is 503 g/mol. The Morgan fingerprint density at radius 1 is 0.912 bits per heavy atom. The van der Waals surface area contributed by atoms with E-state index in [1.165, 1.54) is 5.56 Å². The fourth-order valence-corrected chi connectivity index (χ4v) is 5.62. The molecule has 0 N–H and O–H groups in total. The quantitative estimate of drug-likeness (QED) is 0.171. The Morgan fingerprint density at radius 2 is 1.65 bits per heavy atom. The Hall–Kier alpha value is -2.91. The smallest absolute Gasteiger partial charge is 0.118 e. The molecule has 0 saturated carbocycles. The number of nitrogens with zero attached hydrogens (tertiary/aromatic N) is 2. The molecule has 0 bridgehead atoms. The van der Waals surface area contributed by atoms with E-state index in [4.69, 9.17) is 21.3 Å². The summed E-state index contributed by atoms with van der Waals surface area (Å²) in [7, 11) is 1.65. The summed E-state index contributed by atoms with van der Waals surface area (Å²) in [5.41, 5.74) is 5.62. The number of ether oxygens (including phenoxy) is 1. The van der Waals surface area contributed by atoms with Gasteiger partial charge in [-0.3, -0.25) is 0 Å². The van der Waals surface area contributed by atoms with E-state index in [2.05, 4.69) is 18.2 Å². The summed E-state index contributed by atoms with van der Waals surface area (Å²) >= 11 is 9.47.